The number of hydrogen-bond donors (Lipinski definition) is 0. The molecule has 0 radical (unpaired) electrons. The fourth-order valence-electron chi connectivity index (χ4n) is 4.38. The van der Waals surface area contributed by atoms with Crippen molar-refractivity contribution in [3.8, 4) is 5.75 Å². The van der Waals surface area contributed by atoms with Crippen LogP contribution in [0.25, 0.3) is 0 Å². The Bertz CT molecular complexity index is 694. The van der Waals surface area contributed by atoms with Crippen LogP contribution in [0.5, 0.6) is 5.75 Å². The lowest BCUT2D eigenvalue weighted by molar-refractivity contribution is 0.00560. The molecule has 0 aliphatic carbocycles. The number of hydrogen-bond acceptors (Lipinski definition) is 6. The second-order valence-electron chi connectivity index (χ2n) is 8.29. The minimum absolute atomic E-state index is 0.183. The fraction of sp³-hybridized carbons (Fsp3) is 0.722. The van der Waals surface area contributed by atoms with Crippen LogP contribution in [0.2, 0.25) is 5.15 Å². The predicted molar refractivity (Wildman–Crippen MR) is 97.8 cm³/mol. The van der Waals surface area contributed by atoms with Gasteiger partial charge in [-0.2, -0.15) is 0 Å². The molecule has 1 amide bonds. The van der Waals surface area contributed by atoms with Gasteiger partial charge in [0.1, 0.15) is 12.2 Å². The lowest BCUT2D eigenvalue weighted by Crippen LogP contribution is -2.55. The number of aromatic nitrogens is 2. The van der Waals surface area contributed by atoms with Crippen LogP contribution in [0.1, 0.15) is 46.5 Å². The summed E-state index contributed by atoms with van der Waals surface area (Å²) in [6.07, 6.45) is 3.71. The van der Waals surface area contributed by atoms with Crippen molar-refractivity contribution in [1.29, 1.82) is 0 Å². The predicted octanol–water partition coefficient (Wildman–Crippen LogP) is 3.26. The molecule has 0 saturated carbocycles. The van der Waals surface area contributed by atoms with Gasteiger partial charge in [-0.25, -0.2) is 4.79 Å². The summed E-state index contributed by atoms with van der Waals surface area (Å²) >= 11 is 5.94. The molecule has 2 saturated heterocycles. The van der Waals surface area contributed by atoms with Crippen LogP contribution in [-0.2, 0) is 4.74 Å². The van der Waals surface area contributed by atoms with E-state index in [0.717, 1.165) is 38.0 Å². The van der Waals surface area contributed by atoms with Gasteiger partial charge >= 0.3 is 6.09 Å². The van der Waals surface area contributed by atoms with E-state index >= 15 is 0 Å². The highest BCUT2D eigenvalue weighted by Crippen LogP contribution is 2.41. The van der Waals surface area contributed by atoms with Crippen LogP contribution in [0.4, 0.5) is 10.6 Å². The molecule has 4 heterocycles. The van der Waals surface area contributed by atoms with Crippen molar-refractivity contribution in [2.45, 2.75) is 70.2 Å². The molecule has 26 heavy (non-hydrogen) atoms. The smallest absolute Gasteiger partial charge is 0.410 e. The highest BCUT2D eigenvalue weighted by molar-refractivity contribution is 6.29. The molecule has 2 fully saturated rings. The molecule has 3 aliphatic heterocycles. The van der Waals surface area contributed by atoms with Gasteiger partial charge in [-0.15, -0.1) is 10.2 Å². The first kappa shape index (κ1) is 17.6. The minimum Gasteiger partial charge on any atom is -0.488 e. The SMILES string of the molecule is CC(C)(C)OC(=O)N1C2CCC1CC(N1CCOc3cc(Cl)nnc31)C2. The number of ether oxygens (including phenoxy) is 2. The largest absolute Gasteiger partial charge is 0.488 e. The summed E-state index contributed by atoms with van der Waals surface area (Å²) in [6, 6.07) is 2.49. The van der Waals surface area contributed by atoms with Crippen molar-refractivity contribution >= 4 is 23.5 Å². The highest BCUT2D eigenvalue weighted by atomic mass is 35.5. The number of piperidine rings is 1. The van der Waals surface area contributed by atoms with Crippen LogP contribution in [0.15, 0.2) is 6.07 Å². The third kappa shape index (κ3) is 3.29. The molecule has 2 bridgehead atoms. The van der Waals surface area contributed by atoms with E-state index in [1.165, 1.54) is 0 Å². The van der Waals surface area contributed by atoms with Gasteiger partial charge in [-0.1, -0.05) is 11.6 Å². The lowest BCUT2D eigenvalue weighted by atomic mass is 9.96. The molecule has 1 aromatic rings. The third-order valence-electron chi connectivity index (χ3n) is 5.33. The first-order valence-corrected chi connectivity index (χ1v) is 9.63. The molecular weight excluding hydrogens is 356 g/mol. The molecule has 142 valence electrons. The maximum absolute atomic E-state index is 12.6. The van der Waals surface area contributed by atoms with E-state index < -0.39 is 5.60 Å². The van der Waals surface area contributed by atoms with Crippen LogP contribution >= 0.6 is 11.6 Å². The summed E-state index contributed by atoms with van der Waals surface area (Å²) in [5.74, 6) is 1.45. The molecule has 7 nitrogen and oxygen atoms in total. The van der Waals surface area contributed by atoms with Crippen molar-refractivity contribution in [3.05, 3.63) is 11.2 Å². The van der Waals surface area contributed by atoms with Crippen molar-refractivity contribution in [2.75, 3.05) is 18.1 Å². The Morgan fingerprint density at radius 3 is 2.58 bits per heavy atom. The van der Waals surface area contributed by atoms with E-state index in [2.05, 4.69) is 15.1 Å². The van der Waals surface area contributed by atoms with Gasteiger partial charge in [-0.3, -0.25) is 0 Å². The number of fused-ring (bicyclic) bond motifs is 3. The number of amides is 1. The molecule has 0 N–H and O–H groups in total. The van der Waals surface area contributed by atoms with Gasteiger partial charge in [0.2, 0.25) is 0 Å². The van der Waals surface area contributed by atoms with Gasteiger partial charge in [0, 0.05) is 24.2 Å². The molecule has 2 unspecified atom stereocenters. The van der Waals surface area contributed by atoms with Crippen molar-refractivity contribution in [1.82, 2.24) is 15.1 Å². The number of carbonyl (C=O) groups is 1. The fourth-order valence-corrected chi connectivity index (χ4v) is 4.52. The van der Waals surface area contributed by atoms with E-state index in [1.54, 1.807) is 6.07 Å². The van der Waals surface area contributed by atoms with Gasteiger partial charge in [0.15, 0.2) is 16.7 Å². The summed E-state index contributed by atoms with van der Waals surface area (Å²) in [6.45, 7) is 7.12. The van der Waals surface area contributed by atoms with Crippen molar-refractivity contribution in [2.24, 2.45) is 0 Å². The Kier molecular flexibility index (Phi) is 4.37. The third-order valence-corrected chi connectivity index (χ3v) is 5.51. The van der Waals surface area contributed by atoms with Gasteiger partial charge in [-0.05, 0) is 46.5 Å². The van der Waals surface area contributed by atoms with Crippen LogP contribution in [0.3, 0.4) is 0 Å². The Labute approximate surface area is 158 Å². The summed E-state index contributed by atoms with van der Waals surface area (Å²) < 4.78 is 11.3. The number of anilines is 1. The first-order valence-electron chi connectivity index (χ1n) is 9.26. The lowest BCUT2D eigenvalue weighted by Gasteiger charge is -2.44. The van der Waals surface area contributed by atoms with E-state index in [4.69, 9.17) is 21.1 Å². The topological polar surface area (TPSA) is 67.8 Å². The Balaban J connectivity index is 1.51. The summed E-state index contributed by atoms with van der Waals surface area (Å²) in [5, 5.41) is 8.58. The first-order chi connectivity index (χ1) is 12.3. The second-order valence-corrected chi connectivity index (χ2v) is 8.68. The van der Waals surface area contributed by atoms with Crippen molar-refractivity contribution < 1.29 is 14.3 Å². The molecule has 8 heteroatoms. The maximum atomic E-state index is 12.6. The monoisotopic (exact) mass is 380 g/mol. The molecule has 0 aromatic carbocycles. The average Bonchev–Trinajstić information content (AvgIpc) is 2.83. The molecule has 3 aliphatic rings. The van der Waals surface area contributed by atoms with E-state index in [9.17, 15) is 4.79 Å². The number of halogens is 1. The van der Waals surface area contributed by atoms with Crippen LogP contribution in [0, 0.1) is 0 Å². The Hall–Kier alpha value is -1.76. The van der Waals surface area contributed by atoms with Gasteiger partial charge in [0.25, 0.3) is 0 Å². The van der Waals surface area contributed by atoms with Crippen LogP contribution in [-0.4, -0.2) is 58.1 Å². The molecule has 4 rings (SSSR count). The zero-order valence-electron chi connectivity index (χ0n) is 15.4. The van der Waals surface area contributed by atoms with Gasteiger partial charge < -0.3 is 19.3 Å². The highest BCUT2D eigenvalue weighted by Gasteiger charge is 2.47. The zero-order valence-corrected chi connectivity index (χ0v) is 16.2. The van der Waals surface area contributed by atoms with Crippen LogP contribution < -0.4 is 9.64 Å². The summed E-state index contributed by atoms with van der Waals surface area (Å²) in [4.78, 5) is 16.9. The van der Waals surface area contributed by atoms with Crippen molar-refractivity contribution in [3.63, 3.8) is 0 Å². The molecule has 1 aromatic heterocycles. The Morgan fingerprint density at radius 1 is 1.23 bits per heavy atom. The maximum Gasteiger partial charge on any atom is 0.410 e. The second kappa shape index (κ2) is 6.44. The molecular formula is C18H25ClN4O3. The minimum atomic E-state index is -0.467. The van der Waals surface area contributed by atoms with E-state index in [-0.39, 0.29) is 18.2 Å². The number of nitrogens with zero attached hydrogens (tertiary/aromatic N) is 4. The van der Waals surface area contributed by atoms with E-state index in [1.807, 2.05) is 25.7 Å². The molecule has 0 spiro atoms. The van der Waals surface area contributed by atoms with Gasteiger partial charge in [0.05, 0.1) is 6.54 Å². The summed E-state index contributed by atoms with van der Waals surface area (Å²) in [7, 11) is 0. The normalized spacial score (nSPS) is 27.8. The number of rotatable bonds is 1. The standard InChI is InChI=1S/C18H25ClN4O3/c1-18(2,3)26-17(24)23-11-4-5-12(23)9-13(8-11)22-6-7-25-14-10-15(19)20-21-16(14)22/h10-13H,4-9H2,1-3H3. The zero-order chi connectivity index (χ0) is 18.5. The van der Waals surface area contributed by atoms with E-state index in [0.29, 0.717) is 23.6 Å². The quantitative estimate of drug-likeness (QED) is 0.744. The number of carbonyl (C=O) groups excluding carboxylic acids is 1. The molecule has 2 atom stereocenters. The average molecular weight is 381 g/mol. The Morgan fingerprint density at radius 2 is 1.92 bits per heavy atom. The summed E-state index contributed by atoms with van der Waals surface area (Å²) in [5.41, 5.74) is -0.467.